The molecule has 0 fully saturated rings. The van der Waals surface area contributed by atoms with Gasteiger partial charge in [0.25, 0.3) is 5.09 Å². The minimum absolute atomic E-state index is 0.0188. The summed E-state index contributed by atoms with van der Waals surface area (Å²) in [4.78, 5) is 38.9. The fourth-order valence-electron chi connectivity index (χ4n) is 2.26. The molecule has 0 saturated heterocycles. The highest BCUT2D eigenvalue weighted by Gasteiger charge is 2.17. The van der Waals surface area contributed by atoms with E-state index in [1.54, 1.807) is 36.4 Å². The SMILES string of the molecule is NC(=S)c1ccc(OC(=O)c2ccccc2OC(=O)CCCCO[N+](=O)[O-])cc1. The van der Waals surface area contributed by atoms with Crippen LogP contribution in [0.3, 0.4) is 0 Å². The maximum atomic E-state index is 12.5. The van der Waals surface area contributed by atoms with Crippen molar-refractivity contribution in [1.29, 1.82) is 0 Å². The Morgan fingerprint density at radius 3 is 2.38 bits per heavy atom. The fourth-order valence-corrected chi connectivity index (χ4v) is 2.39. The molecule has 0 spiro atoms. The molecular formula is C19H18N2O7S. The number of rotatable bonds is 10. The van der Waals surface area contributed by atoms with Gasteiger partial charge in [-0.15, -0.1) is 10.1 Å². The zero-order valence-electron chi connectivity index (χ0n) is 15.2. The molecule has 0 amide bonds. The van der Waals surface area contributed by atoms with Gasteiger partial charge >= 0.3 is 11.9 Å². The van der Waals surface area contributed by atoms with E-state index in [-0.39, 0.29) is 35.1 Å². The van der Waals surface area contributed by atoms with Crippen LogP contribution in [0.5, 0.6) is 11.5 Å². The molecule has 0 aliphatic rings. The first-order valence-corrected chi connectivity index (χ1v) is 8.96. The number of ether oxygens (including phenoxy) is 2. The molecule has 2 aromatic carbocycles. The number of unbranched alkanes of at least 4 members (excludes halogenated alkanes) is 1. The Balaban J connectivity index is 1.94. The molecule has 0 radical (unpaired) electrons. The highest BCUT2D eigenvalue weighted by atomic mass is 32.1. The van der Waals surface area contributed by atoms with Gasteiger partial charge in [-0.05, 0) is 49.2 Å². The molecule has 2 N–H and O–H groups in total. The molecule has 2 rings (SSSR count). The number of hydrogen-bond acceptors (Lipinski definition) is 8. The molecule has 0 aliphatic carbocycles. The van der Waals surface area contributed by atoms with E-state index in [1.165, 1.54) is 12.1 Å². The largest absolute Gasteiger partial charge is 0.426 e. The van der Waals surface area contributed by atoms with Gasteiger partial charge in [0.2, 0.25) is 0 Å². The molecule has 2 aromatic rings. The molecule has 0 heterocycles. The van der Waals surface area contributed by atoms with E-state index >= 15 is 0 Å². The number of benzene rings is 2. The van der Waals surface area contributed by atoms with Crippen molar-refractivity contribution in [2.75, 3.05) is 6.61 Å². The maximum Gasteiger partial charge on any atom is 0.347 e. The van der Waals surface area contributed by atoms with Crippen LogP contribution in [0.2, 0.25) is 0 Å². The van der Waals surface area contributed by atoms with Crippen LogP contribution in [0.15, 0.2) is 48.5 Å². The molecule has 0 unspecified atom stereocenters. The molecule has 0 bridgehead atoms. The summed E-state index contributed by atoms with van der Waals surface area (Å²) in [7, 11) is 0. The lowest BCUT2D eigenvalue weighted by Gasteiger charge is -2.10. The molecule has 29 heavy (non-hydrogen) atoms. The monoisotopic (exact) mass is 418 g/mol. The van der Waals surface area contributed by atoms with E-state index in [2.05, 4.69) is 4.84 Å². The molecule has 152 valence electrons. The summed E-state index contributed by atoms with van der Waals surface area (Å²) in [6.07, 6.45) is 0.682. The van der Waals surface area contributed by atoms with Crippen LogP contribution in [0, 0.1) is 10.1 Å². The van der Waals surface area contributed by atoms with Crippen molar-refractivity contribution >= 4 is 29.1 Å². The zero-order chi connectivity index (χ0) is 21.2. The maximum absolute atomic E-state index is 12.5. The van der Waals surface area contributed by atoms with Gasteiger partial charge in [0.05, 0.1) is 6.61 Å². The van der Waals surface area contributed by atoms with Crippen LogP contribution < -0.4 is 15.2 Å². The van der Waals surface area contributed by atoms with Crippen LogP contribution in [-0.2, 0) is 9.63 Å². The highest BCUT2D eigenvalue weighted by molar-refractivity contribution is 7.80. The van der Waals surface area contributed by atoms with Crippen molar-refractivity contribution in [3.05, 3.63) is 69.8 Å². The number of hydrogen-bond donors (Lipinski definition) is 1. The van der Waals surface area contributed by atoms with E-state index in [1.807, 2.05) is 0 Å². The first-order valence-electron chi connectivity index (χ1n) is 8.56. The number of carbonyl (C=O) groups is 2. The molecule has 0 saturated carbocycles. The fraction of sp³-hybridized carbons (Fsp3) is 0.211. The Hall–Kier alpha value is -3.53. The van der Waals surface area contributed by atoms with E-state index in [0.717, 1.165) is 0 Å². The third-order valence-electron chi connectivity index (χ3n) is 3.65. The van der Waals surface area contributed by atoms with Crippen LogP contribution in [0.1, 0.15) is 35.2 Å². The average Bonchev–Trinajstić information content (AvgIpc) is 2.68. The lowest BCUT2D eigenvalue weighted by Crippen LogP contribution is -2.14. The summed E-state index contributed by atoms with van der Waals surface area (Å²) >= 11 is 4.87. The topological polar surface area (TPSA) is 131 Å². The lowest BCUT2D eigenvalue weighted by molar-refractivity contribution is -0.757. The van der Waals surface area contributed by atoms with Gasteiger partial charge in [0.15, 0.2) is 0 Å². The first kappa shape index (κ1) is 21.8. The zero-order valence-corrected chi connectivity index (χ0v) is 16.1. The quantitative estimate of drug-likeness (QED) is 0.154. The summed E-state index contributed by atoms with van der Waals surface area (Å²) in [6.45, 7) is -0.100. The second-order valence-electron chi connectivity index (χ2n) is 5.76. The normalized spacial score (nSPS) is 10.1. The van der Waals surface area contributed by atoms with Crippen LogP contribution >= 0.6 is 12.2 Å². The Bertz CT molecular complexity index is 900. The number of nitrogens with zero attached hydrogens (tertiary/aromatic N) is 1. The third-order valence-corrected chi connectivity index (χ3v) is 3.89. The number of carbonyl (C=O) groups excluding carboxylic acids is 2. The lowest BCUT2D eigenvalue weighted by atomic mass is 10.2. The Morgan fingerprint density at radius 2 is 1.72 bits per heavy atom. The summed E-state index contributed by atoms with van der Waals surface area (Å²) in [5.41, 5.74) is 6.24. The van der Waals surface area contributed by atoms with Crippen LogP contribution in [0.25, 0.3) is 0 Å². The van der Waals surface area contributed by atoms with Gasteiger partial charge in [-0.2, -0.15) is 0 Å². The van der Waals surface area contributed by atoms with Gasteiger partial charge < -0.3 is 20.0 Å². The van der Waals surface area contributed by atoms with Crippen molar-refractivity contribution in [2.45, 2.75) is 19.3 Å². The Labute approximate surface area is 171 Å². The van der Waals surface area contributed by atoms with Crippen molar-refractivity contribution < 1.29 is 29.0 Å². The van der Waals surface area contributed by atoms with Crippen molar-refractivity contribution in [3.63, 3.8) is 0 Å². The molecule has 0 atom stereocenters. The average molecular weight is 418 g/mol. The predicted molar refractivity (Wildman–Crippen MR) is 106 cm³/mol. The molecule has 0 aromatic heterocycles. The summed E-state index contributed by atoms with van der Waals surface area (Å²) in [5.74, 6) is -0.936. The van der Waals surface area contributed by atoms with Gasteiger partial charge in [-0.25, -0.2) is 4.79 Å². The van der Waals surface area contributed by atoms with Gasteiger partial charge in [0.1, 0.15) is 22.1 Å². The van der Waals surface area contributed by atoms with Gasteiger partial charge in [-0.3, -0.25) is 4.79 Å². The second kappa shape index (κ2) is 10.7. The van der Waals surface area contributed by atoms with E-state index in [9.17, 15) is 19.7 Å². The van der Waals surface area contributed by atoms with Crippen molar-refractivity contribution in [1.82, 2.24) is 0 Å². The molecule has 9 nitrogen and oxygen atoms in total. The van der Waals surface area contributed by atoms with Crippen LogP contribution in [0.4, 0.5) is 0 Å². The van der Waals surface area contributed by atoms with Gasteiger partial charge in [-0.1, -0.05) is 24.4 Å². The van der Waals surface area contributed by atoms with Crippen molar-refractivity contribution in [2.24, 2.45) is 5.73 Å². The third kappa shape index (κ3) is 7.18. The van der Waals surface area contributed by atoms with E-state index in [4.69, 9.17) is 27.4 Å². The highest BCUT2D eigenvalue weighted by Crippen LogP contribution is 2.22. The minimum atomic E-state index is -0.891. The second-order valence-corrected chi connectivity index (χ2v) is 6.20. The minimum Gasteiger partial charge on any atom is -0.426 e. The summed E-state index contributed by atoms with van der Waals surface area (Å²) in [5, 5.41) is 9.16. The predicted octanol–water partition coefficient (Wildman–Crippen LogP) is 2.82. The van der Waals surface area contributed by atoms with Crippen molar-refractivity contribution in [3.8, 4) is 11.5 Å². The number of para-hydroxylation sites is 1. The Kier molecular flexibility index (Phi) is 8.04. The summed E-state index contributed by atoms with van der Waals surface area (Å²) in [6, 6.07) is 12.5. The number of thiocarbonyl (C=S) groups is 1. The van der Waals surface area contributed by atoms with E-state index < -0.39 is 17.0 Å². The number of nitrogens with two attached hydrogens (primary N) is 1. The Morgan fingerprint density at radius 1 is 1.03 bits per heavy atom. The van der Waals surface area contributed by atoms with E-state index in [0.29, 0.717) is 18.4 Å². The molecule has 0 aliphatic heterocycles. The first-order chi connectivity index (χ1) is 13.9. The number of esters is 2. The smallest absolute Gasteiger partial charge is 0.347 e. The van der Waals surface area contributed by atoms with Gasteiger partial charge in [0, 0.05) is 12.0 Å². The molecular weight excluding hydrogens is 400 g/mol. The molecule has 10 heteroatoms. The van der Waals surface area contributed by atoms with Crippen LogP contribution in [-0.4, -0.2) is 28.6 Å². The standard InChI is InChI=1S/C19H18N2O7S/c20-18(29)13-8-10-14(11-9-13)27-19(23)15-5-1-2-6-16(15)28-17(22)7-3-4-12-26-21(24)25/h1-2,5-6,8-11H,3-4,7,12H2,(H2,20,29). The summed E-state index contributed by atoms with van der Waals surface area (Å²) < 4.78 is 10.5.